The van der Waals surface area contributed by atoms with Crippen molar-refractivity contribution in [2.24, 2.45) is 17.8 Å². The molecule has 4 heterocycles. The van der Waals surface area contributed by atoms with Crippen molar-refractivity contribution in [3.8, 4) is 0 Å². The van der Waals surface area contributed by atoms with Crippen LogP contribution in [0.4, 0.5) is 0 Å². The van der Waals surface area contributed by atoms with Gasteiger partial charge in [0.15, 0.2) is 0 Å². The molecule has 3 amide bonds. The van der Waals surface area contributed by atoms with Gasteiger partial charge in [-0.25, -0.2) is 0 Å². The molecule has 10 nitrogen and oxygen atoms in total. The molecule has 7 atom stereocenters. The van der Waals surface area contributed by atoms with E-state index in [-0.39, 0.29) is 49.3 Å². The van der Waals surface area contributed by atoms with Crippen LogP contribution >= 0.6 is 0 Å². The van der Waals surface area contributed by atoms with Gasteiger partial charge in [0.05, 0.1) is 31.2 Å². The molecule has 0 bridgehead atoms. The first-order valence-electron chi connectivity index (χ1n) is 17.0. The van der Waals surface area contributed by atoms with Crippen molar-refractivity contribution in [1.29, 1.82) is 0 Å². The van der Waals surface area contributed by atoms with Gasteiger partial charge in [0.2, 0.25) is 17.7 Å². The van der Waals surface area contributed by atoms with Gasteiger partial charge in [-0.1, -0.05) is 87.7 Å². The predicted octanol–water partition coefficient (Wildman–Crippen LogP) is 3.46. The lowest BCUT2D eigenvalue weighted by Crippen LogP contribution is -2.59. The van der Waals surface area contributed by atoms with E-state index >= 15 is 0 Å². The average Bonchev–Trinajstić information content (AvgIpc) is 3.44. The van der Waals surface area contributed by atoms with Gasteiger partial charge in [-0.2, -0.15) is 0 Å². The number of rotatable bonds is 6. The van der Waals surface area contributed by atoms with Crippen LogP contribution in [-0.4, -0.2) is 88.1 Å². The lowest BCUT2D eigenvalue weighted by molar-refractivity contribution is -0.161. The van der Waals surface area contributed by atoms with Crippen LogP contribution in [0.25, 0.3) is 0 Å². The number of nitrogens with one attached hydrogen (secondary N) is 1. The lowest BCUT2D eigenvalue weighted by Gasteiger charge is -2.41. The SMILES string of the molecule is CC(C)C[C@H](CO)N1C(=O)[C@H]2[C@@H]3C(=O)O[C@@H](c4ccccc4)CNC(=O)CC/C=C\[C@@H]3O[C@]23C=CCN(C2CCCCC2)C(=O)[C@H]13. The molecule has 2 saturated heterocycles. The molecule has 0 aromatic heterocycles. The number of benzene rings is 1. The molecule has 4 aliphatic heterocycles. The third-order valence-electron chi connectivity index (χ3n) is 10.4. The van der Waals surface area contributed by atoms with E-state index in [0.717, 1.165) is 37.7 Å². The summed E-state index contributed by atoms with van der Waals surface area (Å²) in [6.45, 7) is 4.22. The Labute approximate surface area is 271 Å². The van der Waals surface area contributed by atoms with Gasteiger partial charge in [0.1, 0.15) is 23.7 Å². The average molecular weight is 634 g/mol. The number of aliphatic hydroxyl groups excluding tert-OH is 1. The molecular weight excluding hydrogens is 586 g/mol. The summed E-state index contributed by atoms with van der Waals surface area (Å²) in [4.78, 5) is 59.9. The second-order valence-electron chi connectivity index (χ2n) is 13.8. The molecule has 5 aliphatic rings. The number of likely N-dealkylation sites (tertiary alicyclic amines) is 1. The van der Waals surface area contributed by atoms with E-state index in [1.54, 1.807) is 11.0 Å². The molecule has 1 saturated carbocycles. The number of carbonyl (C=O) groups is 4. The van der Waals surface area contributed by atoms with Crippen LogP contribution in [0, 0.1) is 17.8 Å². The van der Waals surface area contributed by atoms with Gasteiger partial charge in [-0.15, -0.1) is 0 Å². The highest BCUT2D eigenvalue weighted by atomic mass is 16.6. The number of carbonyl (C=O) groups excluding carboxylic acids is 4. The van der Waals surface area contributed by atoms with E-state index < -0.39 is 47.7 Å². The van der Waals surface area contributed by atoms with E-state index in [1.165, 1.54) is 0 Å². The first kappa shape index (κ1) is 32.4. The predicted molar refractivity (Wildman–Crippen MR) is 170 cm³/mol. The Morgan fingerprint density at radius 2 is 1.78 bits per heavy atom. The van der Waals surface area contributed by atoms with Crippen LogP contribution in [0.2, 0.25) is 0 Å². The normalized spacial score (nSPS) is 33.7. The monoisotopic (exact) mass is 633 g/mol. The van der Waals surface area contributed by atoms with Gasteiger partial charge >= 0.3 is 5.97 Å². The Balaban J connectivity index is 1.43. The first-order valence-corrected chi connectivity index (χ1v) is 17.0. The summed E-state index contributed by atoms with van der Waals surface area (Å²) in [6.07, 6.45) is 11.9. The number of fused-ring (bicyclic) bond motifs is 2. The number of cyclic esters (lactones) is 1. The van der Waals surface area contributed by atoms with Gasteiger partial charge in [-0.05, 0) is 37.2 Å². The van der Waals surface area contributed by atoms with Gasteiger partial charge in [-0.3, -0.25) is 19.2 Å². The molecule has 1 aliphatic carbocycles. The minimum absolute atomic E-state index is 0.0610. The van der Waals surface area contributed by atoms with Crippen molar-refractivity contribution in [3.05, 3.63) is 60.2 Å². The van der Waals surface area contributed by atoms with Crippen molar-refractivity contribution in [1.82, 2.24) is 15.1 Å². The number of hydrogen-bond donors (Lipinski definition) is 2. The zero-order valence-corrected chi connectivity index (χ0v) is 26.9. The van der Waals surface area contributed by atoms with Crippen molar-refractivity contribution in [2.45, 2.75) is 101 Å². The summed E-state index contributed by atoms with van der Waals surface area (Å²) in [5.41, 5.74) is -0.701. The van der Waals surface area contributed by atoms with Crippen molar-refractivity contribution < 1.29 is 33.8 Å². The molecule has 1 aromatic carbocycles. The molecule has 10 heteroatoms. The minimum Gasteiger partial charge on any atom is -0.455 e. The highest BCUT2D eigenvalue weighted by Crippen LogP contribution is 2.54. The zero-order valence-electron chi connectivity index (χ0n) is 26.9. The Bertz CT molecular complexity index is 1360. The van der Waals surface area contributed by atoms with Crippen LogP contribution < -0.4 is 5.32 Å². The molecule has 6 rings (SSSR count). The third kappa shape index (κ3) is 6.01. The van der Waals surface area contributed by atoms with Crippen LogP contribution in [-0.2, 0) is 28.7 Å². The molecule has 1 aromatic rings. The summed E-state index contributed by atoms with van der Waals surface area (Å²) in [7, 11) is 0. The Kier molecular flexibility index (Phi) is 9.66. The molecule has 3 fully saturated rings. The van der Waals surface area contributed by atoms with Crippen molar-refractivity contribution >= 4 is 23.7 Å². The maximum atomic E-state index is 14.8. The molecule has 0 radical (unpaired) electrons. The summed E-state index contributed by atoms with van der Waals surface area (Å²) in [5, 5.41) is 13.5. The quantitative estimate of drug-likeness (QED) is 0.363. The summed E-state index contributed by atoms with van der Waals surface area (Å²) in [6, 6.07) is 7.63. The minimum atomic E-state index is -1.42. The number of allylic oxidation sites excluding steroid dienone is 1. The summed E-state index contributed by atoms with van der Waals surface area (Å²) >= 11 is 0. The Morgan fingerprint density at radius 3 is 2.50 bits per heavy atom. The molecule has 0 unspecified atom stereocenters. The number of ether oxygens (including phenoxy) is 2. The smallest absolute Gasteiger partial charge is 0.313 e. The topological polar surface area (TPSA) is 125 Å². The fourth-order valence-corrected chi connectivity index (χ4v) is 8.30. The molecule has 2 N–H and O–H groups in total. The maximum Gasteiger partial charge on any atom is 0.313 e. The Morgan fingerprint density at radius 1 is 1.02 bits per heavy atom. The van der Waals surface area contributed by atoms with Gasteiger partial charge < -0.3 is 29.7 Å². The molecule has 1 spiro atoms. The van der Waals surface area contributed by atoms with E-state index in [9.17, 15) is 24.3 Å². The second-order valence-corrected chi connectivity index (χ2v) is 13.8. The largest absolute Gasteiger partial charge is 0.455 e. The van der Waals surface area contributed by atoms with E-state index in [2.05, 4.69) is 5.32 Å². The van der Waals surface area contributed by atoms with E-state index in [0.29, 0.717) is 19.4 Å². The highest BCUT2D eigenvalue weighted by Gasteiger charge is 2.72. The fourth-order valence-electron chi connectivity index (χ4n) is 8.30. The summed E-state index contributed by atoms with van der Waals surface area (Å²) < 4.78 is 13.0. The maximum absolute atomic E-state index is 14.8. The molecular formula is C36H47N3O7. The number of amides is 3. The number of aliphatic hydroxyl groups is 1. The molecule has 46 heavy (non-hydrogen) atoms. The molecule has 248 valence electrons. The third-order valence-corrected chi connectivity index (χ3v) is 10.4. The van der Waals surface area contributed by atoms with Gasteiger partial charge in [0.25, 0.3) is 0 Å². The first-order chi connectivity index (χ1) is 22.2. The number of hydrogen-bond acceptors (Lipinski definition) is 7. The second kappa shape index (κ2) is 13.7. The van der Waals surface area contributed by atoms with Crippen LogP contribution in [0.1, 0.15) is 76.9 Å². The number of nitrogens with zero attached hydrogens (tertiary/aromatic N) is 2. The summed E-state index contributed by atoms with van der Waals surface area (Å²) in [5.74, 6) is -3.25. The van der Waals surface area contributed by atoms with E-state index in [4.69, 9.17) is 9.47 Å². The van der Waals surface area contributed by atoms with Crippen LogP contribution in [0.3, 0.4) is 0 Å². The standard InChI is InChI=1S/C36H47N3O7/c1-23(2)20-26(22-40)39-32-34(43)38(25-14-7-4-8-15-25)19-11-18-36(32)31(33(39)42)30-27(46-36)16-9-10-17-29(41)37-21-28(45-35(30)44)24-12-5-3-6-13-24/h3,5-6,9,11-13,16,18,23,25-28,30-32,40H,4,7-8,10,14-15,17,19-22H2,1-2H3,(H,37,41)/b16-9-/t26-,27+,28-,30-,31-,32+,36-/m1/s1. The zero-order chi connectivity index (χ0) is 32.4. The number of esters is 1. The van der Waals surface area contributed by atoms with Gasteiger partial charge in [0, 0.05) is 19.0 Å². The lowest BCUT2D eigenvalue weighted by atomic mass is 9.77. The fraction of sp³-hybridized carbons (Fsp3) is 0.611. The van der Waals surface area contributed by atoms with Crippen LogP contribution in [0.5, 0.6) is 0 Å². The highest BCUT2D eigenvalue weighted by molar-refractivity contribution is 5.99. The van der Waals surface area contributed by atoms with E-state index in [1.807, 2.05) is 67.3 Å². The van der Waals surface area contributed by atoms with Crippen molar-refractivity contribution in [2.75, 3.05) is 19.7 Å². The van der Waals surface area contributed by atoms with Crippen molar-refractivity contribution in [3.63, 3.8) is 0 Å². The Hall–Kier alpha value is -3.50. The van der Waals surface area contributed by atoms with Crippen LogP contribution in [0.15, 0.2) is 54.6 Å².